The lowest BCUT2D eigenvalue weighted by Gasteiger charge is -2.40. The lowest BCUT2D eigenvalue weighted by atomic mass is 10.0. The number of hydrogen-bond acceptors (Lipinski definition) is 2. The van der Waals surface area contributed by atoms with Gasteiger partial charge in [-0.2, -0.15) is 0 Å². The minimum Gasteiger partial charge on any atom is -0.329 e. The summed E-state index contributed by atoms with van der Waals surface area (Å²) in [7, 11) is 0. The fourth-order valence-corrected chi connectivity index (χ4v) is 2.08. The van der Waals surface area contributed by atoms with Crippen molar-refractivity contribution in [2.24, 2.45) is 5.73 Å². The molecule has 1 atom stereocenters. The number of aryl methyl sites for hydroxylation is 1. The van der Waals surface area contributed by atoms with Gasteiger partial charge in [0.05, 0.1) is 0 Å². The van der Waals surface area contributed by atoms with Crippen LogP contribution in [0.5, 0.6) is 0 Å². The topological polar surface area (TPSA) is 29.3 Å². The highest BCUT2D eigenvalue weighted by Gasteiger charge is 2.25. The average molecular weight is 204 g/mol. The average Bonchev–Trinajstić information content (AvgIpc) is 2.26. The van der Waals surface area contributed by atoms with Gasteiger partial charge in [-0.1, -0.05) is 31.2 Å². The van der Waals surface area contributed by atoms with Gasteiger partial charge < -0.3 is 5.73 Å². The van der Waals surface area contributed by atoms with Crippen LogP contribution in [0.25, 0.3) is 0 Å². The van der Waals surface area contributed by atoms with E-state index in [1.807, 2.05) is 0 Å². The fraction of sp³-hybridized carbons (Fsp3) is 0.538. The van der Waals surface area contributed by atoms with Crippen LogP contribution in [0.2, 0.25) is 0 Å². The maximum Gasteiger partial charge on any atom is 0.0237 e. The molecule has 2 N–H and O–H groups in total. The number of likely N-dealkylation sites (tertiary alicyclic amines) is 1. The molecule has 0 spiro atoms. The Morgan fingerprint density at radius 3 is 2.40 bits per heavy atom. The van der Waals surface area contributed by atoms with Gasteiger partial charge in [-0.25, -0.2) is 0 Å². The first-order chi connectivity index (χ1) is 7.33. The lowest BCUT2D eigenvalue weighted by molar-refractivity contribution is 0.0882. The molecule has 0 amide bonds. The molecule has 1 aliphatic rings. The van der Waals surface area contributed by atoms with Crippen molar-refractivity contribution in [2.45, 2.75) is 32.4 Å². The molecule has 15 heavy (non-hydrogen) atoms. The first kappa shape index (κ1) is 10.7. The summed E-state index contributed by atoms with van der Waals surface area (Å²) >= 11 is 0. The third-order valence-electron chi connectivity index (χ3n) is 3.35. The number of hydrogen-bond donors (Lipinski definition) is 1. The first-order valence-electron chi connectivity index (χ1n) is 5.85. The van der Waals surface area contributed by atoms with Gasteiger partial charge >= 0.3 is 0 Å². The van der Waals surface area contributed by atoms with Crippen molar-refractivity contribution in [3.63, 3.8) is 0 Å². The summed E-state index contributed by atoms with van der Waals surface area (Å²) < 4.78 is 0. The minimum absolute atomic E-state index is 0.621. The molecular weight excluding hydrogens is 184 g/mol. The molecule has 82 valence electrons. The number of nitrogens with two attached hydrogens (primary N) is 1. The van der Waals surface area contributed by atoms with Gasteiger partial charge in [0.2, 0.25) is 0 Å². The zero-order valence-corrected chi connectivity index (χ0v) is 9.45. The maximum atomic E-state index is 5.68. The number of rotatable bonds is 4. The van der Waals surface area contributed by atoms with Gasteiger partial charge in [0, 0.05) is 25.7 Å². The smallest absolute Gasteiger partial charge is 0.0237 e. The summed E-state index contributed by atoms with van der Waals surface area (Å²) in [6.45, 7) is 5.26. The van der Waals surface area contributed by atoms with E-state index in [9.17, 15) is 0 Å². The zero-order chi connectivity index (χ0) is 10.7. The summed E-state index contributed by atoms with van der Waals surface area (Å²) in [4.78, 5) is 2.46. The normalized spacial score (nSPS) is 21.3. The van der Waals surface area contributed by atoms with Gasteiger partial charge in [-0.05, 0) is 24.0 Å². The molecule has 0 saturated carbocycles. The molecule has 0 bridgehead atoms. The number of benzene rings is 1. The summed E-state index contributed by atoms with van der Waals surface area (Å²) in [5, 5.41) is 0. The minimum atomic E-state index is 0.621. The van der Waals surface area contributed by atoms with Crippen molar-refractivity contribution in [1.29, 1.82) is 0 Å². The van der Waals surface area contributed by atoms with Gasteiger partial charge in [0.1, 0.15) is 0 Å². The molecule has 1 aliphatic heterocycles. The van der Waals surface area contributed by atoms with Gasteiger partial charge in [0.15, 0.2) is 0 Å². The molecule has 2 heteroatoms. The van der Waals surface area contributed by atoms with E-state index in [1.54, 1.807) is 0 Å². The monoisotopic (exact) mass is 204 g/mol. The summed E-state index contributed by atoms with van der Waals surface area (Å²) in [5.74, 6) is 0. The molecule has 1 aromatic carbocycles. The third-order valence-corrected chi connectivity index (χ3v) is 3.35. The first-order valence-corrected chi connectivity index (χ1v) is 5.85. The Bertz CT molecular complexity index is 303. The molecule has 1 fully saturated rings. The van der Waals surface area contributed by atoms with Crippen LogP contribution in [0.4, 0.5) is 0 Å². The molecular formula is C13H20N2. The standard InChI is InChI=1S/C13H20N2/c1-2-11-3-5-12(6-4-11)10-15-8-7-13(15)9-14/h3-6,13H,2,7-10,14H2,1H3. The van der Waals surface area contributed by atoms with E-state index in [4.69, 9.17) is 5.73 Å². The van der Waals surface area contributed by atoms with Crippen molar-refractivity contribution in [1.82, 2.24) is 4.90 Å². The van der Waals surface area contributed by atoms with E-state index in [0.717, 1.165) is 19.5 Å². The SMILES string of the molecule is CCc1ccc(CN2CCC2CN)cc1. The Morgan fingerprint density at radius 2 is 1.93 bits per heavy atom. The van der Waals surface area contributed by atoms with Crippen LogP contribution in [0.3, 0.4) is 0 Å². The maximum absolute atomic E-state index is 5.68. The van der Waals surface area contributed by atoms with E-state index in [0.29, 0.717) is 6.04 Å². The van der Waals surface area contributed by atoms with Gasteiger partial charge in [-0.15, -0.1) is 0 Å². The van der Waals surface area contributed by atoms with Crippen molar-refractivity contribution in [3.8, 4) is 0 Å². The molecule has 0 radical (unpaired) electrons. The molecule has 1 heterocycles. The Hall–Kier alpha value is -0.860. The van der Waals surface area contributed by atoms with Crippen LogP contribution in [-0.2, 0) is 13.0 Å². The molecule has 0 aliphatic carbocycles. The lowest BCUT2D eigenvalue weighted by Crippen LogP contribution is -2.50. The van der Waals surface area contributed by atoms with Crippen LogP contribution in [0.1, 0.15) is 24.5 Å². The van der Waals surface area contributed by atoms with E-state index in [-0.39, 0.29) is 0 Å². The predicted octanol–water partition coefficient (Wildman–Crippen LogP) is 1.78. The van der Waals surface area contributed by atoms with Crippen molar-refractivity contribution < 1.29 is 0 Å². The Morgan fingerprint density at radius 1 is 1.27 bits per heavy atom. The van der Waals surface area contributed by atoms with E-state index >= 15 is 0 Å². The predicted molar refractivity (Wildman–Crippen MR) is 63.7 cm³/mol. The zero-order valence-electron chi connectivity index (χ0n) is 9.45. The Labute approximate surface area is 92.1 Å². The molecule has 1 aromatic rings. The fourth-order valence-electron chi connectivity index (χ4n) is 2.08. The Balaban J connectivity index is 1.93. The van der Waals surface area contributed by atoms with Gasteiger partial charge in [0.25, 0.3) is 0 Å². The highest BCUT2D eigenvalue weighted by molar-refractivity contribution is 5.22. The third kappa shape index (κ3) is 2.39. The summed E-state index contributed by atoms with van der Waals surface area (Å²) in [6.07, 6.45) is 2.39. The second kappa shape index (κ2) is 4.77. The highest BCUT2D eigenvalue weighted by Crippen LogP contribution is 2.19. The highest BCUT2D eigenvalue weighted by atomic mass is 15.2. The quantitative estimate of drug-likeness (QED) is 0.810. The summed E-state index contributed by atoms with van der Waals surface area (Å²) in [6, 6.07) is 9.56. The second-order valence-electron chi connectivity index (χ2n) is 4.32. The van der Waals surface area contributed by atoms with Gasteiger partial charge in [-0.3, -0.25) is 4.90 Å². The van der Waals surface area contributed by atoms with Crippen LogP contribution >= 0.6 is 0 Å². The molecule has 1 unspecified atom stereocenters. The van der Waals surface area contributed by atoms with Crippen LogP contribution < -0.4 is 5.73 Å². The van der Waals surface area contributed by atoms with E-state index in [1.165, 1.54) is 24.1 Å². The number of nitrogens with zero attached hydrogens (tertiary/aromatic N) is 1. The largest absolute Gasteiger partial charge is 0.329 e. The molecule has 1 saturated heterocycles. The van der Waals surface area contributed by atoms with E-state index < -0.39 is 0 Å². The van der Waals surface area contributed by atoms with Crippen molar-refractivity contribution in [3.05, 3.63) is 35.4 Å². The van der Waals surface area contributed by atoms with Crippen LogP contribution in [0, 0.1) is 0 Å². The van der Waals surface area contributed by atoms with Crippen LogP contribution in [-0.4, -0.2) is 24.0 Å². The molecule has 2 rings (SSSR count). The molecule has 2 nitrogen and oxygen atoms in total. The molecule has 0 aromatic heterocycles. The van der Waals surface area contributed by atoms with Crippen molar-refractivity contribution in [2.75, 3.05) is 13.1 Å². The second-order valence-corrected chi connectivity index (χ2v) is 4.32. The summed E-state index contributed by atoms with van der Waals surface area (Å²) in [5.41, 5.74) is 8.50. The van der Waals surface area contributed by atoms with Crippen LogP contribution in [0.15, 0.2) is 24.3 Å². The van der Waals surface area contributed by atoms with Crippen molar-refractivity contribution >= 4 is 0 Å². The van der Waals surface area contributed by atoms with E-state index in [2.05, 4.69) is 36.1 Å². The Kier molecular flexibility index (Phi) is 3.39.